The Bertz CT molecular complexity index is 194. The first-order valence-corrected chi connectivity index (χ1v) is 9.82. The summed E-state index contributed by atoms with van der Waals surface area (Å²) >= 11 is -2.00. The van der Waals surface area contributed by atoms with E-state index in [4.69, 9.17) is 12.1 Å². The molecule has 0 saturated heterocycles. The molecule has 0 aliphatic carbocycles. The Morgan fingerprint density at radius 3 is 2.50 bits per heavy atom. The van der Waals surface area contributed by atoms with Gasteiger partial charge in [-0.15, -0.1) is 0 Å². The molecule has 1 atom stereocenters. The van der Waals surface area contributed by atoms with Crippen molar-refractivity contribution in [2.24, 2.45) is 0 Å². The quantitative estimate of drug-likeness (QED) is 0.489. The minimum absolute atomic E-state index is 0.285. The first kappa shape index (κ1) is 13.8. The summed E-state index contributed by atoms with van der Waals surface area (Å²) in [5.41, 5.74) is 0. The van der Waals surface area contributed by atoms with Crippen molar-refractivity contribution in [2.45, 2.75) is 17.3 Å². The van der Waals surface area contributed by atoms with Crippen LogP contribution < -0.4 is 0 Å². The van der Waals surface area contributed by atoms with Crippen LogP contribution >= 0.6 is 0 Å². The van der Waals surface area contributed by atoms with Crippen molar-refractivity contribution in [3.05, 3.63) is 0 Å². The first-order chi connectivity index (χ1) is 6.61. The van der Waals surface area contributed by atoms with Crippen LogP contribution in [0.5, 0.6) is 0 Å². The van der Waals surface area contributed by atoms with E-state index < -0.39 is 25.0 Å². The Kier molecular flexibility index (Phi) is 8.07. The van der Waals surface area contributed by atoms with E-state index >= 15 is 0 Å². The number of esters is 1. The molecule has 0 rings (SSSR count). The molecule has 6 heteroatoms. The number of carbonyl (C=O) groups excluding carboxylic acids is 2. The predicted octanol–water partition coefficient (Wildman–Crippen LogP) is 0.545. The molecule has 0 aromatic carbocycles. The van der Waals surface area contributed by atoms with Gasteiger partial charge in [-0.1, -0.05) is 0 Å². The van der Waals surface area contributed by atoms with Crippen molar-refractivity contribution < 1.29 is 46.7 Å². The van der Waals surface area contributed by atoms with Gasteiger partial charge in [-0.3, -0.25) is 0 Å². The molecule has 0 aliphatic heterocycles. The summed E-state index contributed by atoms with van der Waals surface area (Å²) in [5.74, 6) is -0.630. The fraction of sp³-hybridized carbons (Fsp3) is 0.750. The molecular formula is C8H14HgO5. The first-order valence-electron chi connectivity index (χ1n) is 4.40. The molecule has 0 spiro atoms. The van der Waals surface area contributed by atoms with Crippen LogP contribution in [0, 0.1) is 0 Å². The zero-order valence-corrected chi connectivity index (χ0v) is 14.2. The van der Waals surface area contributed by atoms with E-state index in [-0.39, 0.29) is 22.0 Å². The average Bonchev–Trinajstić information content (AvgIpc) is 2.12. The van der Waals surface area contributed by atoms with E-state index in [1.54, 1.807) is 6.92 Å². The van der Waals surface area contributed by atoms with Crippen molar-refractivity contribution in [1.29, 1.82) is 0 Å². The van der Waals surface area contributed by atoms with Crippen molar-refractivity contribution in [3.8, 4) is 0 Å². The number of carbonyl (C=O) groups is 2. The molecule has 1 unspecified atom stereocenters. The number of rotatable bonds is 6. The van der Waals surface area contributed by atoms with E-state index in [9.17, 15) is 9.59 Å². The van der Waals surface area contributed by atoms with E-state index in [1.165, 1.54) is 14.0 Å². The van der Waals surface area contributed by atoms with E-state index in [1.807, 2.05) is 0 Å². The third-order valence-corrected chi connectivity index (χ3v) is 7.48. The van der Waals surface area contributed by atoms with Gasteiger partial charge in [0.25, 0.3) is 0 Å². The molecule has 0 aromatic rings. The molecule has 0 N–H and O–H groups in total. The molecule has 0 radical (unpaired) electrons. The minimum atomic E-state index is -2.00. The topological polar surface area (TPSA) is 61.8 Å². The summed E-state index contributed by atoms with van der Waals surface area (Å²) < 4.78 is 14.3. The van der Waals surface area contributed by atoms with Gasteiger partial charge in [0.1, 0.15) is 0 Å². The molecule has 5 nitrogen and oxygen atoms in total. The van der Waals surface area contributed by atoms with Gasteiger partial charge in [-0.05, 0) is 0 Å². The monoisotopic (exact) mass is 392 g/mol. The van der Waals surface area contributed by atoms with Gasteiger partial charge in [0.2, 0.25) is 0 Å². The third-order valence-electron chi connectivity index (χ3n) is 1.48. The van der Waals surface area contributed by atoms with E-state index in [2.05, 4.69) is 0 Å². The molecule has 0 fully saturated rings. The van der Waals surface area contributed by atoms with Crippen molar-refractivity contribution >= 4 is 11.9 Å². The normalized spacial score (nSPS) is 11.4. The number of hydrogen-bond acceptors (Lipinski definition) is 5. The third kappa shape index (κ3) is 6.31. The van der Waals surface area contributed by atoms with Gasteiger partial charge in [0, 0.05) is 0 Å². The molecule has 0 amide bonds. The summed E-state index contributed by atoms with van der Waals surface area (Å²) in [4.78, 5) is 21.9. The van der Waals surface area contributed by atoms with Crippen molar-refractivity contribution in [2.75, 3.05) is 20.3 Å². The Labute approximate surface area is 96.2 Å². The van der Waals surface area contributed by atoms with Gasteiger partial charge in [-0.2, -0.15) is 0 Å². The van der Waals surface area contributed by atoms with Crippen LogP contribution in [-0.2, 0) is 46.7 Å². The molecule has 0 saturated carbocycles. The Hall–Kier alpha value is -0.165. The van der Waals surface area contributed by atoms with Crippen LogP contribution in [0.15, 0.2) is 0 Å². The molecular weight excluding hydrogens is 377 g/mol. The van der Waals surface area contributed by atoms with Crippen molar-refractivity contribution in [3.63, 3.8) is 0 Å². The van der Waals surface area contributed by atoms with Crippen LogP contribution in [0.25, 0.3) is 0 Å². The van der Waals surface area contributed by atoms with Crippen LogP contribution in [0.2, 0.25) is 3.43 Å². The SMILES string of the molecule is CCOC(=O)[CH](COC)[Hg][O]C(C)=O. The second-order valence-electron chi connectivity index (χ2n) is 2.71. The van der Waals surface area contributed by atoms with Gasteiger partial charge in [0.05, 0.1) is 0 Å². The average molecular weight is 391 g/mol. The Morgan fingerprint density at radius 1 is 1.43 bits per heavy atom. The zero-order chi connectivity index (χ0) is 11.0. The standard InChI is InChI=1S/C6H11O3.C2H4O2.Hg/c1-3-9-6(7)4-5-8-2;1-2(3)4;/h4H,3,5H2,1-2H3;1H3,(H,3,4);/q;;+1/p-1. The van der Waals surface area contributed by atoms with Gasteiger partial charge in [0.15, 0.2) is 0 Å². The van der Waals surface area contributed by atoms with Gasteiger partial charge in [-0.25, -0.2) is 0 Å². The fourth-order valence-corrected chi connectivity index (χ4v) is 4.84. The van der Waals surface area contributed by atoms with Gasteiger partial charge >= 0.3 is 96.3 Å². The van der Waals surface area contributed by atoms with Crippen LogP contribution in [0.1, 0.15) is 13.8 Å². The summed E-state index contributed by atoms with van der Waals surface area (Å²) in [6.45, 7) is 3.71. The maximum absolute atomic E-state index is 11.3. The number of methoxy groups -OCH3 is 1. The predicted molar refractivity (Wildman–Crippen MR) is 44.0 cm³/mol. The Morgan fingerprint density at radius 2 is 2.07 bits per heavy atom. The van der Waals surface area contributed by atoms with E-state index in [0.717, 1.165) is 0 Å². The summed E-state index contributed by atoms with van der Waals surface area (Å²) in [5, 5.41) is 0. The van der Waals surface area contributed by atoms with Crippen LogP contribution in [0.3, 0.4) is 0 Å². The second-order valence-corrected chi connectivity index (χ2v) is 8.96. The summed E-state index contributed by atoms with van der Waals surface area (Å²) in [6.07, 6.45) is 0. The van der Waals surface area contributed by atoms with Crippen LogP contribution in [0.4, 0.5) is 0 Å². The maximum atomic E-state index is 11.3. The second kappa shape index (κ2) is 8.17. The molecule has 0 aliphatic rings. The fourth-order valence-electron chi connectivity index (χ4n) is 0.863. The zero-order valence-electron chi connectivity index (χ0n) is 8.74. The summed E-state index contributed by atoms with van der Waals surface area (Å²) in [7, 11) is 1.51. The number of hydrogen-bond donors (Lipinski definition) is 0. The number of ether oxygens (including phenoxy) is 2. The van der Waals surface area contributed by atoms with Gasteiger partial charge < -0.3 is 0 Å². The molecule has 0 aromatic heterocycles. The molecule has 0 bridgehead atoms. The molecule has 0 heterocycles. The summed E-state index contributed by atoms with van der Waals surface area (Å²) in [6, 6.07) is 0. The van der Waals surface area contributed by atoms with Crippen LogP contribution in [-0.4, -0.2) is 32.3 Å². The Balaban J connectivity index is 3.99. The van der Waals surface area contributed by atoms with Crippen molar-refractivity contribution in [1.82, 2.24) is 0 Å². The molecule has 78 valence electrons. The van der Waals surface area contributed by atoms with E-state index in [0.29, 0.717) is 6.61 Å². The molecule has 14 heavy (non-hydrogen) atoms.